The lowest BCUT2D eigenvalue weighted by Crippen LogP contribution is -2.14. The van der Waals surface area contributed by atoms with Gasteiger partial charge in [-0.05, 0) is 52.7 Å². The van der Waals surface area contributed by atoms with Gasteiger partial charge in [0.2, 0.25) is 5.82 Å². The first-order chi connectivity index (χ1) is 14.8. The summed E-state index contributed by atoms with van der Waals surface area (Å²) < 4.78 is 47.4. The Kier molecular flexibility index (Phi) is 5.22. The molecule has 0 saturated carbocycles. The van der Waals surface area contributed by atoms with Gasteiger partial charge in [0.05, 0.1) is 5.56 Å². The van der Waals surface area contributed by atoms with Crippen molar-refractivity contribution in [3.63, 3.8) is 0 Å². The van der Waals surface area contributed by atoms with Crippen LogP contribution in [0.5, 0.6) is 0 Å². The van der Waals surface area contributed by atoms with E-state index in [0.717, 1.165) is 11.5 Å². The maximum absolute atomic E-state index is 13.4. The van der Waals surface area contributed by atoms with Crippen LogP contribution in [0.25, 0.3) is 22.6 Å². The Bertz CT molecular complexity index is 1260. The summed E-state index contributed by atoms with van der Waals surface area (Å²) in [6, 6.07) is 10.4. The van der Waals surface area contributed by atoms with Crippen molar-refractivity contribution in [2.24, 2.45) is 7.05 Å². The third kappa shape index (κ3) is 4.14. The van der Waals surface area contributed by atoms with Crippen molar-refractivity contribution in [1.82, 2.24) is 20.2 Å². The molecule has 0 bridgehead atoms. The minimum atomic E-state index is -4.50. The van der Waals surface area contributed by atoms with E-state index in [9.17, 15) is 18.0 Å². The van der Waals surface area contributed by atoms with E-state index in [-0.39, 0.29) is 16.8 Å². The second-order valence-electron chi connectivity index (χ2n) is 7.06. The number of benzene rings is 2. The molecule has 2 aromatic carbocycles. The summed E-state index contributed by atoms with van der Waals surface area (Å²) in [5.41, 5.74) is 0.213. The average molecular weight is 429 g/mol. The SMILES string of the molecule is CCCc1ccc(NC(=O)c2ccc3cc(-c4nnnn4C)oc3c2)cc1C(F)(F)F. The summed E-state index contributed by atoms with van der Waals surface area (Å²) in [4.78, 5) is 12.6. The lowest BCUT2D eigenvalue weighted by molar-refractivity contribution is -0.138. The van der Waals surface area contributed by atoms with Crippen LogP contribution in [0, 0.1) is 0 Å². The molecule has 10 heteroatoms. The number of aromatic nitrogens is 4. The molecule has 160 valence electrons. The third-order valence-electron chi connectivity index (χ3n) is 4.82. The number of tetrazole rings is 1. The first kappa shape index (κ1) is 20.6. The van der Waals surface area contributed by atoms with Crippen molar-refractivity contribution in [2.75, 3.05) is 5.32 Å². The number of amides is 1. The van der Waals surface area contributed by atoms with Gasteiger partial charge in [0.1, 0.15) is 5.58 Å². The van der Waals surface area contributed by atoms with E-state index >= 15 is 0 Å². The van der Waals surface area contributed by atoms with E-state index in [4.69, 9.17) is 4.42 Å². The zero-order chi connectivity index (χ0) is 22.2. The lowest BCUT2D eigenvalue weighted by Gasteiger charge is -2.14. The lowest BCUT2D eigenvalue weighted by atomic mass is 10.0. The monoisotopic (exact) mass is 429 g/mol. The number of aryl methyl sites for hydroxylation is 2. The fraction of sp³-hybridized carbons (Fsp3) is 0.238. The second kappa shape index (κ2) is 7.86. The number of carbonyl (C=O) groups is 1. The normalized spacial score (nSPS) is 11.8. The number of anilines is 1. The topological polar surface area (TPSA) is 85.8 Å². The van der Waals surface area contributed by atoms with E-state index in [1.165, 1.54) is 22.9 Å². The fourth-order valence-electron chi connectivity index (χ4n) is 3.33. The van der Waals surface area contributed by atoms with Crippen LogP contribution in [0.2, 0.25) is 0 Å². The van der Waals surface area contributed by atoms with Gasteiger partial charge in [-0.3, -0.25) is 4.79 Å². The van der Waals surface area contributed by atoms with Gasteiger partial charge in [0, 0.05) is 23.7 Å². The quantitative estimate of drug-likeness (QED) is 0.490. The summed E-state index contributed by atoms with van der Waals surface area (Å²) in [7, 11) is 1.67. The van der Waals surface area contributed by atoms with Gasteiger partial charge in [-0.15, -0.1) is 5.10 Å². The van der Waals surface area contributed by atoms with E-state index in [1.54, 1.807) is 25.2 Å². The van der Waals surface area contributed by atoms with Crippen molar-refractivity contribution in [3.05, 3.63) is 59.2 Å². The molecule has 0 spiro atoms. The Hall–Kier alpha value is -3.69. The molecule has 0 saturated heterocycles. The van der Waals surface area contributed by atoms with Crippen LogP contribution in [-0.2, 0) is 19.6 Å². The fourth-order valence-corrected chi connectivity index (χ4v) is 3.33. The Morgan fingerprint density at radius 2 is 1.97 bits per heavy atom. The van der Waals surface area contributed by atoms with Crippen LogP contribution in [0.15, 0.2) is 46.9 Å². The van der Waals surface area contributed by atoms with Gasteiger partial charge < -0.3 is 9.73 Å². The number of carbonyl (C=O) groups excluding carboxylic acids is 1. The summed E-state index contributed by atoms with van der Waals surface area (Å²) in [5.74, 6) is 0.312. The van der Waals surface area contributed by atoms with Gasteiger partial charge in [0.25, 0.3) is 5.91 Å². The summed E-state index contributed by atoms with van der Waals surface area (Å²) in [6.07, 6.45) is -3.60. The van der Waals surface area contributed by atoms with E-state index < -0.39 is 17.6 Å². The maximum Gasteiger partial charge on any atom is 0.416 e. The van der Waals surface area contributed by atoms with Gasteiger partial charge in [0.15, 0.2) is 5.76 Å². The van der Waals surface area contributed by atoms with Crippen LogP contribution in [0.4, 0.5) is 18.9 Å². The zero-order valence-electron chi connectivity index (χ0n) is 16.7. The van der Waals surface area contributed by atoms with Crippen molar-refractivity contribution in [2.45, 2.75) is 25.9 Å². The largest absolute Gasteiger partial charge is 0.453 e. The maximum atomic E-state index is 13.4. The standard InChI is InChI=1S/C21H18F3N5O2/c1-3-4-12-7-8-15(11-16(12)21(22,23)24)25-20(30)14-6-5-13-9-18(31-17(13)10-14)19-26-27-28-29(19)2/h5-11H,3-4H2,1-2H3,(H,25,30). The molecule has 0 aliphatic rings. The number of nitrogens with one attached hydrogen (secondary N) is 1. The summed E-state index contributed by atoms with van der Waals surface area (Å²) in [5, 5.41) is 14.5. The van der Waals surface area contributed by atoms with Crippen LogP contribution >= 0.6 is 0 Å². The minimum absolute atomic E-state index is 0.0718. The minimum Gasteiger partial charge on any atom is -0.453 e. The summed E-state index contributed by atoms with van der Waals surface area (Å²) in [6.45, 7) is 1.81. The molecule has 2 aromatic heterocycles. The highest BCUT2D eigenvalue weighted by atomic mass is 19.4. The van der Waals surface area contributed by atoms with Crippen LogP contribution in [0.1, 0.15) is 34.8 Å². The number of rotatable bonds is 5. The van der Waals surface area contributed by atoms with E-state index in [2.05, 4.69) is 20.8 Å². The smallest absolute Gasteiger partial charge is 0.416 e. The van der Waals surface area contributed by atoms with Crippen LogP contribution < -0.4 is 5.32 Å². The number of alkyl halides is 3. The van der Waals surface area contributed by atoms with Crippen molar-refractivity contribution in [3.8, 4) is 11.6 Å². The molecule has 1 N–H and O–H groups in total. The molecule has 7 nitrogen and oxygen atoms in total. The molecule has 0 fully saturated rings. The van der Waals surface area contributed by atoms with Gasteiger partial charge in [-0.1, -0.05) is 25.5 Å². The van der Waals surface area contributed by atoms with E-state index in [0.29, 0.717) is 30.0 Å². The Labute approximate surface area is 174 Å². The average Bonchev–Trinajstić information content (AvgIpc) is 3.33. The number of fused-ring (bicyclic) bond motifs is 1. The molecular weight excluding hydrogens is 411 g/mol. The molecule has 0 aliphatic carbocycles. The Balaban J connectivity index is 1.60. The van der Waals surface area contributed by atoms with Gasteiger partial charge in [-0.25, -0.2) is 4.68 Å². The first-order valence-corrected chi connectivity index (χ1v) is 9.54. The number of hydrogen-bond acceptors (Lipinski definition) is 5. The zero-order valence-corrected chi connectivity index (χ0v) is 16.7. The Morgan fingerprint density at radius 3 is 2.65 bits per heavy atom. The number of halogens is 3. The molecule has 4 rings (SSSR count). The van der Waals surface area contributed by atoms with Crippen LogP contribution in [0.3, 0.4) is 0 Å². The third-order valence-corrected chi connectivity index (χ3v) is 4.82. The van der Waals surface area contributed by atoms with Gasteiger partial charge in [-0.2, -0.15) is 13.2 Å². The first-order valence-electron chi connectivity index (χ1n) is 9.54. The number of nitrogens with zero attached hydrogens (tertiary/aromatic N) is 4. The van der Waals surface area contributed by atoms with E-state index in [1.807, 2.05) is 6.92 Å². The molecule has 0 unspecified atom stereocenters. The van der Waals surface area contributed by atoms with Crippen molar-refractivity contribution >= 4 is 22.6 Å². The molecule has 4 aromatic rings. The molecular formula is C21H18F3N5O2. The number of hydrogen-bond donors (Lipinski definition) is 1. The van der Waals surface area contributed by atoms with Crippen LogP contribution in [-0.4, -0.2) is 26.1 Å². The second-order valence-corrected chi connectivity index (χ2v) is 7.06. The predicted octanol–water partition coefficient (Wildman–Crippen LogP) is 4.85. The highest BCUT2D eigenvalue weighted by molar-refractivity contribution is 6.06. The molecule has 31 heavy (non-hydrogen) atoms. The molecule has 0 radical (unpaired) electrons. The van der Waals surface area contributed by atoms with Gasteiger partial charge >= 0.3 is 6.18 Å². The van der Waals surface area contributed by atoms with Crippen molar-refractivity contribution < 1.29 is 22.4 Å². The highest BCUT2D eigenvalue weighted by Gasteiger charge is 2.33. The predicted molar refractivity (Wildman–Crippen MR) is 107 cm³/mol. The Morgan fingerprint density at radius 1 is 1.16 bits per heavy atom. The molecule has 0 aliphatic heterocycles. The number of furan rings is 1. The highest BCUT2D eigenvalue weighted by Crippen LogP contribution is 2.34. The summed E-state index contributed by atoms with van der Waals surface area (Å²) >= 11 is 0. The molecule has 0 atom stereocenters. The molecule has 2 heterocycles. The molecule has 1 amide bonds. The van der Waals surface area contributed by atoms with Crippen molar-refractivity contribution in [1.29, 1.82) is 0 Å².